The third-order valence-electron chi connectivity index (χ3n) is 4.53. The fourth-order valence-electron chi connectivity index (χ4n) is 2.94. The van der Waals surface area contributed by atoms with Crippen molar-refractivity contribution in [3.05, 3.63) is 63.7 Å². The van der Waals surface area contributed by atoms with Crippen LogP contribution in [0.2, 0.25) is 0 Å². The molecule has 2 rings (SSSR count). The summed E-state index contributed by atoms with van der Waals surface area (Å²) in [5.74, 6) is -1.62. The fraction of sp³-hybridized carbons (Fsp3) is 0.250. The maximum absolute atomic E-state index is 13.0. The Hall–Kier alpha value is -3.52. The molecule has 1 aromatic carbocycles. The van der Waals surface area contributed by atoms with E-state index in [4.69, 9.17) is 9.47 Å². The van der Waals surface area contributed by atoms with Crippen LogP contribution in [0.5, 0.6) is 5.75 Å². The second-order valence-corrected chi connectivity index (χ2v) is 7.76. The summed E-state index contributed by atoms with van der Waals surface area (Å²) in [6, 6.07) is 1.69. The molecule has 7 nitrogen and oxygen atoms in total. The molecule has 0 aliphatic carbocycles. The number of carbonyl (C=O) groups excluding carboxylic acids is 3. The Morgan fingerprint density at radius 3 is 2.28 bits per heavy atom. The minimum Gasteiger partial charge on any atom is -0.462 e. The highest BCUT2D eigenvalue weighted by molar-refractivity contribution is 7.19. The van der Waals surface area contributed by atoms with Crippen LogP contribution in [0.25, 0.3) is 22.2 Å². The molecule has 1 heterocycles. The lowest BCUT2D eigenvalue weighted by molar-refractivity contribution is -0.151. The van der Waals surface area contributed by atoms with E-state index in [0.29, 0.717) is 16.5 Å². The number of benzene rings is 1. The highest BCUT2D eigenvalue weighted by Gasteiger charge is 2.18. The molecular weight excluding hydrogens is 432 g/mol. The summed E-state index contributed by atoms with van der Waals surface area (Å²) in [6.07, 6.45) is 3.71. The van der Waals surface area contributed by atoms with Gasteiger partial charge in [0, 0.05) is 32.2 Å². The van der Waals surface area contributed by atoms with Gasteiger partial charge in [0.25, 0.3) is 0 Å². The molecule has 0 radical (unpaired) electrons. The summed E-state index contributed by atoms with van der Waals surface area (Å²) in [6.45, 7) is 14.0. The van der Waals surface area contributed by atoms with E-state index in [0.717, 1.165) is 21.2 Å². The first-order valence-electron chi connectivity index (χ1n) is 9.74. The molecule has 168 valence electrons. The van der Waals surface area contributed by atoms with Crippen LogP contribution in [-0.2, 0) is 23.9 Å². The summed E-state index contributed by atoms with van der Waals surface area (Å²) >= 11 is 1.42. The van der Waals surface area contributed by atoms with Crippen LogP contribution in [0.1, 0.15) is 34.4 Å². The number of esters is 3. The van der Waals surface area contributed by atoms with E-state index in [1.165, 1.54) is 17.4 Å². The van der Waals surface area contributed by atoms with Gasteiger partial charge in [-0.2, -0.15) is 0 Å². The molecular formula is C24H24O7S. The van der Waals surface area contributed by atoms with Crippen LogP contribution < -0.4 is 10.2 Å². The van der Waals surface area contributed by atoms with Crippen molar-refractivity contribution in [2.45, 2.75) is 26.7 Å². The topological polar surface area (TPSA) is 96.0 Å². The molecule has 0 aliphatic heterocycles. The van der Waals surface area contributed by atoms with E-state index in [-0.39, 0.29) is 37.2 Å². The van der Waals surface area contributed by atoms with Gasteiger partial charge in [0.05, 0.1) is 12.8 Å². The van der Waals surface area contributed by atoms with Gasteiger partial charge in [-0.05, 0) is 25.5 Å². The van der Waals surface area contributed by atoms with Crippen LogP contribution in [0, 0.1) is 13.8 Å². The monoisotopic (exact) mass is 456 g/mol. The van der Waals surface area contributed by atoms with Crippen molar-refractivity contribution in [2.24, 2.45) is 0 Å². The molecule has 0 atom stereocenters. The molecule has 0 unspecified atom stereocenters. The zero-order valence-corrected chi connectivity index (χ0v) is 18.8. The van der Waals surface area contributed by atoms with Crippen molar-refractivity contribution in [2.75, 3.05) is 13.2 Å². The van der Waals surface area contributed by atoms with Crippen molar-refractivity contribution in [1.82, 2.24) is 0 Å². The summed E-state index contributed by atoms with van der Waals surface area (Å²) in [5.41, 5.74) is 1.56. The minimum absolute atomic E-state index is 0.102. The smallest absolute Gasteiger partial charge is 0.330 e. The number of carbonyl (C=O) groups is 3. The van der Waals surface area contributed by atoms with E-state index >= 15 is 0 Å². The molecule has 0 spiro atoms. The highest BCUT2D eigenvalue weighted by Crippen LogP contribution is 2.34. The molecule has 0 N–H and O–H groups in total. The first-order chi connectivity index (χ1) is 15.2. The summed E-state index contributed by atoms with van der Waals surface area (Å²) in [5, 5.41) is 0.465. The van der Waals surface area contributed by atoms with Gasteiger partial charge < -0.3 is 14.2 Å². The van der Waals surface area contributed by atoms with Crippen LogP contribution in [-0.4, -0.2) is 31.1 Å². The Balaban J connectivity index is 2.10. The first-order valence-corrected chi connectivity index (χ1v) is 10.6. The van der Waals surface area contributed by atoms with Gasteiger partial charge in [0.15, 0.2) is 5.43 Å². The molecule has 8 heteroatoms. The molecule has 0 saturated carbocycles. The van der Waals surface area contributed by atoms with Crippen LogP contribution >= 0.6 is 11.3 Å². The molecule has 32 heavy (non-hydrogen) atoms. The minimum atomic E-state index is -0.635. The molecule has 0 amide bonds. The van der Waals surface area contributed by atoms with Gasteiger partial charge in [-0.15, -0.1) is 11.3 Å². The average molecular weight is 457 g/mol. The molecule has 0 saturated heterocycles. The van der Waals surface area contributed by atoms with Crippen molar-refractivity contribution in [3.63, 3.8) is 0 Å². The van der Waals surface area contributed by atoms with Crippen LogP contribution in [0.3, 0.4) is 0 Å². The summed E-state index contributed by atoms with van der Waals surface area (Å²) in [4.78, 5) is 48.6. The number of rotatable bonds is 10. The van der Waals surface area contributed by atoms with Gasteiger partial charge in [0.2, 0.25) is 0 Å². The predicted octanol–water partition coefficient (Wildman–Crippen LogP) is 4.12. The number of hydrogen-bond acceptors (Lipinski definition) is 8. The Bertz CT molecular complexity index is 1160. The maximum Gasteiger partial charge on any atom is 0.330 e. The Morgan fingerprint density at radius 2 is 1.66 bits per heavy atom. The number of aryl methyl sites for hydroxylation is 2. The van der Waals surface area contributed by atoms with Crippen molar-refractivity contribution >= 4 is 51.5 Å². The SMILES string of the molecule is C=CC(=O)OCCOC(=O)CCC(=O)Oc1cc(C)c2sc(C=C)c(C=C)c(=O)c2c1C. The Kier molecular flexibility index (Phi) is 8.66. The second-order valence-electron chi connectivity index (χ2n) is 6.70. The Morgan fingerprint density at radius 1 is 1.00 bits per heavy atom. The Labute approximate surface area is 189 Å². The number of fused-ring (bicyclic) bond motifs is 1. The van der Waals surface area contributed by atoms with E-state index < -0.39 is 17.9 Å². The summed E-state index contributed by atoms with van der Waals surface area (Å²) in [7, 11) is 0. The quantitative estimate of drug-likeness (QED) is 0.230. The van der Waals surface area contributed by atoms with E-state index in [9.17, 15) is 19.2 Å². The first kappa shape index (κ1) is 24.7. The van der Waals surface area contributed by atoms with E-state index in [1.54, 1.807) is 19.1 Å². The summed E-state index contributed by atoms with van der Waals surface area (Å²) < 4.78 is 15.8. The number of hydrogen-bond donors (Lipinski definition) is 0. The second kappa shape index (κ2) is 11.2. The van der Waals surface area contributed by atoms with Crippen LogP contribution in [0.4, 0.5) is 0 Å². The predicted molar refractivity (Wildman–Crippen MR) is 125 cm³/mol. The van der Waals surface area contributed by atoms with Gasteiger partial charge in [-0.25, -0.2) is 4.79 Å². The lowest BCUT2D eigenvalue weighted by Crippen LogP contribution is -2.16. The van der Waals surface area contributed by atoms with E-state index in [2.05, 4.69) is 24.5 Å². The molecule has 0 bridgehead atoms. The fourth-order valence-corrected chi connectivity index (χ4v) is 4.09. The number of ether oxygens (including phenoxy) is 3. The average Bonchev–Trinajstić information content (AvgIpc) is 2.77. The molecule has 0 fully saturated rings. The lowest BCUT2D eigenvalue weighted by Gasteiger charge is -2.13. The lowest BCUT2D eigenvalue weighted by atomic mass is 10.0. The zero-order valence-electron chi connectivity index (χ0n) is 18.0. The molecule has 0 aliphatic rings. The van der Waals surface area contributed by atoms with Gasteiger partial charge in [-0.3, -0.25) is 14.4 Å². The standard InChI is InChI=1S/C24H24O7S/c1-6-16-18(7-2)32-24-14(4)13-17(15(5)22(24)23(16)28)31-21(27)10-9-20(26)30-12-11-29-19(25)8-3/h6-8,13H,1-3,9-12H2,4-5H3. The van der Waals surface area contributed by atoms with Crippen molar-refractivity contribution < 1.29 is 28.6 Å². The van der Waals surface area contributed by atoms with E-state index in [1.807, 2.05) is 6.92 Å². The van der Waals surface area contributed by atoms with Crippen LogP contribution in [0.15, 0.2) is 36.7 Å². The van der Waals surface area contributed by atoms with Gasteiger partial charge >= 0.3 is 17.9 Å². The zero-order chi connectivity index (χ0) is 23.8. The largest absolute Gasteiger partial charge is 0.462 e. The maximum atomic E-state index is 13.0. The van der Waals surface area contributed by atoms with Gasteiger partial charge in [-0.1, -0.05) is 31.9 Å². The normalized spacial score (nSPS) is 10.3. The third-order valence-corrected chi connectivity index (χ3v) is 5.87. The van der Waals surface area contributed by atoms with Gasteiger partial charge in [0.1, 0.15) is 19.0 Å². The van der Waals surface area contributed by atoms with Crippen molar-refractivity contribution in [1.29, 1.82) is 0 Å². The third kappa shape index (κ3) is 5.79. The highest BCUT2D eigenvalue weighted by atomic mass is 32.1. The van der Waals surface area contributed by atoms with Crippen molar-refractivity contribution in [3.8, 4) is 5.75 Å². The molecule has 1 aromatic heterocycles. The molecule has 2 aromatic rings.